The van der Waals surface area contributed by atoms with Crippen molar-refractivity contribution in [3.8, 4) is 22.3 Å². The van der Waals surface area contributed by atoms with Crippen LogP contribution in [0.1, 0.15) is 118 Å². The lowest BCUT2D eigenvalue weighted by Gasteiger charge is -2.47. The Bertz CT molecular complexity index is 3410. The summed E-state index contributed by atoms with van der Waals surface area (Å²) in [5, 5.41) is 0. The van der Waals surface area contributed by atoms with E-state index in [1.165, 1.54) is 119 Å². The highest BCUT2D eigenvalue weighted by atomic mass is 15.3. The molecule has 2 unspecified atom stereocenters. The first-order valence-corrected chi connectivity index (χ1v) is 26.2. The fourth-order valence-corrected chi connectivity index (χ4v) is 13.1. The number of anilines is 8. The van der Waals surface area contributed by atoms with E-state index in [2.05, 4.69) is 267 Å². The first-order valence-electron chi connectivity index (χ1n) is 26.2. The van der Waals surface area contributed by atoms with Gasteiger partial charge in [0.2, 0.25) is 0 Å². The minimum Gasteiger partial charge on any atom is -0.334 e. The highest BCUT2D eigenvalue weighted by Gasteiger charge is 2.59. The molecular formula is C67H68BN3. The monoisotopic (exact) mass is 926 g/mol. The van der Waals surface area contributed by atoms with Crippen LogP contribution in [0.2, 0.25) is 0 Å². The first-order chi connectivity index (χ1) is 33.9. The molecule has 12 rings (SSSR count). The average molecular weight is 926 g/mol. The van der Waals surface area contributed by atoms with Crippen molar-refractivity contribution in [2.45, 2.75) is 123 Å². The van der Waals surface area contributed by atoms with Gasteiger partial charge in [-0.2, -0.15) is 0 Å². The summed E-state index contributed by atoms with van der Waals surface area (Å²) in [7, 11) is 0. The largest absolute Gasteiger partial charge is 0.334 e. The summed E-state index contributed by atoms with van der Waals surface area (Å²) >= 11 is 0. The zero-order valence-electron chi connectivity index (χ0n) is 43.8. The van der Waals surface area contributed by atoms with Crippen LogP contribution in [0.4, 0.5) is 45.5 Å². The number of nitrogens with zero attached hydrogens (tertiary/aromatic N) is 3. The molecule has 71 heavy (non-hydrogen) atoms. The van der Waals surface area contributed by atoms with Crippen molar-refractivity contribution in [2.24, 2.45) is 0 Å². The van der Waals surface area contributed by atoms with Crippen LogP contribution in [0, 0.1) is 0 Å². The topological polar surface area (TPSA) is 9.72 Å². The fraction of sp³-hybridized carbons (Fsp3) is 0.284. The molecule has 3 aliphatic heterocycles. The van der Waals surface area contributed by atoms with Gasteiger partial charge in [0.1, 0.15) is 0 Å². The quantitative estimate of drug-likeness (QED) is 0.159. The molecule has 3 nitrogen and oxygen atoms in total. The van der Waals surface area contributed by atoms with E-state index in [-0.39, 0.29) is 33.9 Å². The molecule has 0 amide bonds. The molecule has 3 heterocycles. The van der Waals surface area contributed by atoms with E-state index in [9.17, 15) is 0 Å². The second-order valence-electron chi connectivity index (χ2n) is 24.6. The van der Waals surface area contributed by atoms with Crippen molar-refractivity contribution in [1.82, 2.24) is 0 Å². The molecule has 8 aromatic carbocycles. The minimum absolute atomic E-state index is 0.00593. The molecule has 354 valence electrons. The smallest absolute Gasteiger partial charge is 0.252 e. The fourth-order valence-electron chi connectivity index (χ4n) is 13.1. The van der Waals surface area contributed by atoms with Crippen molar-refractivity contribution in [1.29, 1.82) is 0 Å². The third-order valence-electron chi connectivity index (χ3n) is 17.2. The van der Waals surface area contributed by atoms with Gasteiger partial charge in [0.15, 0.2) is 0 Å². The molecule has 1 saturated carbocycles. The van der Waals surface area contributed by atoms with Crippen LogP contribution in [-0.2, 0) is 21.7 Å². The summed E-state index contributed by atoms with van der Waals surface area (Å²) in [6.07, 6.45) is 3.50. The standard InChI is InChI=1S/C67H68BN3/c1-63(2,3)46-32-35-55(50(39-46)44-23-14-12-15-24-44)69-58-30-21-19-28-53(58)68-54-34-31-48(65(7,8)9)41-59(54)70(56-36-33-47(64(4,5)6)40-51(56)45-25-16-13-17-26-45)61-43-49(42-60(69)62(61)68)71-57-29-20-18-27-52(57)66(10)37-22-38-67(66,71)11/h12-21,23-36,39-43H,22,37-38H2,1-11H3. The second kappa shape index (κ2) is 15.9. The van der Waals surface area contributed by atoms with Crippen LogP contribution < -0.4 is 31.1 Å². The Morgan fingerprint density at radius 1 is 0.408 bits per heavy atom. The van der Waals surface area contributed by atoms with Crippen LogP contribution in [-0.4, -0.2) is 12.3 Å². The van der Waals surface area contributed by atoms with Gasteiger partial charge in [-0.1, -0.05) is 197 Å². The van der Waals surface area contributed by atoms with Gasteiger partial charge >= 0.3 is 0 Å². The predicted molar refractivity (Wildman–Crippen MR) is 306 cm³/mol. The summed E-state index contributed by atoms with van der Waals surface area (Å²) in [6, 6.07) is 68.0. The average Bonchev–Trinajstić information content (AvgIpc) is 3.76. The normalized spacial score (nSPS) is 19.0. The van der Waals surface area contributed by atoms with Gasteiger partial charge in [-0.25, -0.2) is 0 Å². The van der Waals surface area contributed by atoms with E-state index in [0.717, 1.165) is 6.42 Å². The Morgan fingerprint density at radius 2 is 0.873 bits per heavy atom. The van der Waals surface area contributed by atoms with Crippen LogP contribution in [0.5, 0.6) is 0 Å². The van der Waals surface area contributed by atoms with Gasteiger partial charge in [-0.05, 0) is 140 Å². The summed E-state index contributed by atoms with van der Waals surface area (Å²) in [6.45, 7) is 26.1. The lowest BCUT2D eigenvalue weighted by Crippen LogP contribution is -2.61. The number of rotatable bonds is 5. The summed E-state index contributed by atoms with van der Waals surface area (Å²) in [5.74, 6) is 0. The van der Waals surface area contributed by atoms with Gasteiger partial charge in [0.05, 0.1) is 16.9 Å². The number of hydrogen-bond donors (Lipinski definition) is 0. The molecule has 4 heteroatoms. The first kappa shape index (κ1) is 45.4. The highest BCUT2D eigenvalue weighted by Crippen LogP contribution is 2.63. The third kappa shape index (κ3) is 6.91. The molecule has 0 radical (unpaired) electrons. The maximum Gasteiger partial charge on any atom is 0.252 e. The van der Waals surface area contributed by atoms with Crippen LogP contribution in [0.15, 0.2) is 176 Å². The molecule has 8 aromatic rings. The van der Waals surface area contributed by atoms with E-state index in [0.29, 0.717) is 0 Å². The maximum atomic E-state index is 2.78. The molecular weight excluding hydrogens is 858 g/mol. The number of fused-ring (bicyclic) bond motifs is 7. The van der Waals surface area contributed by atoms with Gasteiger partial charge in [0.25, 0.3) is 6.71 Å². The van der Waals surface area contributed by atoms with E-state index in [1.54, 1.807) is 0 Å². The second-order valence-corrected chi connectivity index (χ2v) is 24.6. The van der Waals surface area contributed by atoms with Crippen LogP contribution in [0.3, 0.4) is 0 Å². The maximum absolute atomic E-state index is 2.78. The Morgan fingerprint density at radius 3 is 1.44 bits per heavy atom. The van der Waals surface area contributed by atoms with Crippen molar-refractivity contribution in [3.05, 3.63) is 198 Å². The van der Waals surface area contributed by atoms with Gasteiger partial charge in [-0.3, -0.25) is 0 Å². The molecule has 0 spiro atoms. The van der Waals surface area contributed by atoms with E-state index in [4.69, 9.17) is 0 Å². The van der Waals surface area contributed by atoms with Crippen molar-refractivity contribution < 1.29 is 0 Å². The van der Waals surface area contributed by atoms with Crippen molar-refractivity contribution >= 4 is 68.6 Å². The Labute approximate surface area is 424 Å². The molecule has 1 fully saturated rings. The number of hydrogen-bond acceptors (Lipinski definition) is 3. The minimum atomic E-state index is -0.127. The molecule has 0 aromatic heterocycles. The lowest BCUT2D eigenvalue weighted by molar-refractivity contribution is 0.330. The molecule has 1 aliphatic carbocycles. The van der Waals surface area contributed by atoms with E-state index in [1.807, 2.05) is 0 Å². The zero-order chi connectivity index (χ0) is 49.4. The Hall–Kier alpha value is -6.78. The van der Waals surface area contributed by atoms with E-state index >= 15 is 0 Å². The molecule has 4 aliphatic rings. The predicted octanol–water partition coefficient (Wildman–Crippen LogP) is 16.3. The van der Waals surface area contributed by atoms with Crippen molar-refractivity contribution in [3.63, 3.8) is 0 Å². The van der Waals surface area contributed by atoms with Crippen LogP contribution in [0.25, 0.3) is 22.3 Å². The third-order valence-corrected chi connectivity index (χ3v) is 17.2. The van der Waals surface area contributed by atoms with Gasteiger partial charge < -0.3 is 14.7 Å². The van der Waals surface area contributed by atoms with Crippen molar-refractivity contribution in [2.75, 3.05) is 14.7 Å². The SMILES string of the molecule is CC(C)(C)c1ccc(N2c3ccccc3B3c4ccc(C(C)(C)C)cc4N(c4ccc(C(C)(C)C)cc4-c4ccccc4)c4cc(N5c6ccccc6C6(C)CCCC56C)cc2c43)c(-c2ccccc2)c1. The molecule has 0 saturated heterocycles. The summed E-state index contributed by atoms with van der Waals surface area (Å²) < 4.78 is 0. The summed E-state index contributed by atoms with van der Waals surface area (Å²) in [5.41, 5.74) is 24.0. The van der Waals surface area contributed by atoms with E-state index < -0.39 is 0 Å². The lowest BCUT2D eigenvalue weighted by atomic mass is 9.33. The molecule has 0 bridgehead atoms. The highest BCUT2D eigenvalue weighted by molar-refractivity contribution is 7.00. The van der Waals surface area contributed by atoms with Crippen LogP contribution >= 0.6 is 0 Å². The molecule has 0 N–H and O–H groups in total. The Kier molecular flexibility index (Phi) is 10.1. The number of para-hydroxylation sites is 2. The number of benzene rings is 8. The Balaban J connectivity index is 1.24. The molecule has 2 atom stereocenters. The zero-order valence-corrected chi connectivity index (χ0v) is 43.8. The van der Waals surface area contributed by atoms with Gasteiger partial charge in [-0.15, -0.1) is 0 Å². The van der Waals surface area contributed by atoms with Gasteiger partial charge in [0, 0.05) is 50.7 Å². The summed E-state index contributed by atoms with van der Waals surface area (Å²) in [4.78, 5) is 8.11.